The van der Waals surface area contributed by atoms with Gasteiger partial charge in [-0.25, -0.2) is 13.1 Å². The molecule has 0 atom stereocenters. The van der Waals surface area contributed by atoms with Gasteiger partial charge in [0.1, 0.15) is 4.90 Å². The molecule has 0 heterocycles. The van der Waals surface area contributed by atoms with Gasteiger partial charge in [0.05, 0.1) is 5.02 Å². The molecule has 0 aliphatic rings. The average molecular weight is 354 g/mol. The number of unbranched alkanes of at least 4 members (excludes halogenated alkanes) is 1. The van der Waals surface area contributed by atoms with Gasteiger partial charge in [0.2, 0.25) is 10.0 Å². The van der Waals surface area contributed by atoms with Gasteiger partial charge in [0.15, 0.2) is 0 Å². The molecule has 0 saturated carbocycles. The number of nitrogens with two attached hydrogens (primary N) is 1. The predicted octanol–water partition coefficient (Wildman–Crippen LogP) is 2.07. The van der Waals surface area contributed by atoms with Gasteiger partial charge in [-0.1, -0.05) is 23.2 Å². The summed E-state index contributed by atoms with van der Waals surface area (Å²) in [4.78, 5) is 2.07. The number of sulfonamides is 1. The van der Waals surface area contributed by atoms with E-state index in [1.807, 2.05) is 14.1 Å². The number of hydrogen-bond donors (Lipinski definition) is 2. The van der Waals surface area contributed by atoms with Crippen molar-refractivity contribution in [2.24, 2.45) is 5.73 Å². The number of rotatable bonds is 8. The van der Waals surface area contributed by atoms with Gasteiger partial charge in [0, 0.05) is 18.1 Å². The first-order valence-corrected chi connectivity index (χ1v) is 8.84. The lowest BCUT2D eigenvalue weighted by molar-refractivity contribution is 0.394. The molecule has 120 valence electrons. The topological polar surface area (TPSA) is 75.4 Å². The minimum Gasteiger partial charge on any atom is -0.326 e. The highest BCUT2D eigenvalue weighted by atomic mass is 35.5. The van der Waals surface area contributed by atoms with Crippen LogP contribution in [0.25, 0.3) is 0 Å². The van der Waals surface area contributed by atoms with Crippen molar-refractivity contribution in [2.45, 2.75) is 24.3 Å². The summed E-state index contributed by atoms with van der Waals surface area (Å²) in [5.74, 6) is 0. The summed E-state index contributed by atoms with van der Waals surface area (Å²) in [7, 11) is 0.306. The third-order valence-electron chi connectivity index (χ3n) is 2.93. The molecule has 0 spiro atoms. The van der Waals surface area contributed by atoms with Gasteiger partial charge in [-0.15, -0.1) is 0 Å². The highest BCUT2D eigenvalue weighted by molar-refractivity contribution is 7.89. The third kappa shape index (κ3) is 5.73. The fourth-order valence-corrected chi connectivity index (χ4v) is 3.72. The van der Waals surface area contributed by atoms with E-state index in [1.54, 1.807) is 0 Å². The second-order valence-corrected chi connectivity index (χ2v) is 7.54. The van der Waals surface area contributed by atoms with E-state index in [4.69, 9.17) is 28.9 Å². The van der Waals surface area contributed by atoms with Gasteiger partial charge in [-0.2, -0.15) is 0 Å². The lowest BCUT2D eigenvalue weighted by atomic mass is 10.2. The summed E-state index contributed by atoms with van der Waals surface area (Å²) in [5.41, 5.74) is 6.08. The molecule has 1 aromatic carbocycles. The molecule has 3 N–H and O–H groups in total. The van der Waals surface area contributed by atoms with E-state index in [2.05, 4.69) is 9.62 Å². The summed E-state index contributed by atoms with van der Waals surface area (Å²) in [6.45, 7) is 1.44. The largest absolute Gasteiger partial charge is 0.326 e. The van der Waals surface area contributed by atoms with Crippen LogP contribution >= 0.6 is 23.2 Å². The lowest BCUT2D eigenvalue weighted by Gasteiger charge is -2.12. The van der Waals surface area contributed by atoms with Crippen molar-refractivity contribution in [1.82, 2.24) is 9.62 Å². The lowest BCUT2D eigenvalue weighted by Crippen LogP contribution is -2.26. The quantitative estimate of drug-likeness (QED) is 0.701. The number of nitrogens with zero attached hydrogens (tertiary/aromatic N) is 1. The van der Waals surface area contributed by atoms with Crippen molar-refractivity contribution in [2.75, 3.05) is 27.2 Å². The predicted molar refractivity (Wildman–Crippen MR) is 87.3 cm³/mol. The Morgan fingerprint density at radius 2 is 1.86 bits per heavy atom. The van der Waals surface area contributed by atoms with Gasteiger partial charge >= 0.3 is 0 Å². The Kier molecular flexibility index (Phi) is 7.39. The number of benzene rings is 1. The molecular weight excluding hydrogens is 333 g/mol. The van der Waals surface area contributed by atoms with Crippen LogP contribution in [-0.4, -0.2) is 40.5 Å². The standard InChI is InChI=1S/C13H21Cl2N3O2S/c1-18(2)6-4-3-5-17-21(19,20)13-7-10(9-16)11(14)8-12(13)15/h7-8,17H,3-6,9,16H2,1-2H3. The molecule has 5 nitrogen and oxygen atoms in total. The maximum absolute atomic E-state index is 12.2. The van der Waals surface area contributed by atoms with Crippen molar-refractivity contribution < 1.29 is 8.42 Å². The van der Waals surface area contributed by atoms with Crippen LogP contribution in [-0.2, 0) is 16.6 Å². The van der Waals surface area contributed by atoms with Crippen LogP contribution in [0.1, 0.15) is 18.4 Å². The van der Waals surface area contributed by atoms with Crippen LogP contribution in [0.2, 0.25) is 10.0 Å². The average Bonchev–Trinajstić information content (AvgIpc) is 2.37. The second-order valence-electron chi connectivity index (χ2n) is 4.99. The monoisotopic (exact) mass is 353 g/mol. The summed E-state index contributed by atoms with van der Waals surface area (Å²) >= 11 is 11.9. The van der Waals surface area contributed by atoms with Crippen LogP contribution in [0, 0.1) is 0 Å². The molecule has 0 bridgehead atoms. The van der Waals surface area contributed by atoms with Crippen molar-refractivity contribution >= 4 is 33.2 Å². The molecule has 8 heteroatoms. The summed E-state index contributed by atoms with van der Waals surface area (Å²) in [5, 5.41) is 0.463. The van der Waals surface area contributed by atoms with E-state index < -0.39 is 10.0 Å². The molecule has 1 rings (SSSR count). The van der Waals surface area contributed by atoms with Gasteiger partial charge in [0.25, 0.3) is 0 Å². The van der Waals surface area contributed by atoms with Gasteiger partial charge in [-0.05, 0) is 51.2 Å². The van der Waals surface area contributed by atoms with Crippen molar-refractivity contribution in [3.8, 4) is 0 Å². The Hall–Kier alpha value is -0.370. The number of nitrogens with one attached hydrogen (secondary N) is 1. The molecule has 0 aliphatic carbocycles. The molecule has 0 aromatic heterocycles. The Morgan fingerprint density at radius 1 is 1.19 bits per heavy atom. The van der Waals surface area contributed by atoms with Crippen LogP contribution in [0.5, 0.6) is 0 Å². The first-order valence-electron chi connectivity index (χ1n) is 6.60. The van der Waals surface area contributed by atoms with E-state index in [0.717, 1.165) is 19.4 Å². The zero-order chi connectivity index (χ0) is 16.0. The van der Waals surface area contributed by atoms with E-state index in [1.165, 1.54) is 12.1 Å². The normalized spacial score (nSPS) is 12.1. The van der Waals surface area contributed by atoms with Gasteiger partial charge in [-0.3, -0.25) is 0 Å². The van der Waals surface area contributed by atoms with E-state index in [0.29, 0.717) is 17.1 Å². The SMILES string of the molecule is CN(C)CCCCNS(=O)(=O)c1cc(CN)c(Cl)cc1Cl. The Balaban J connectivity index is 2.74. The van der Waals surface area contributed by atoms with E-state index in [9.17, 15) is 8.42 Å². The molecule has 21 heavy (non-hydrogen) atoms. The van der Waals surface area contributed by atoms with Crippen molar-refractivity contribution in [1.29, 1.82) is 0 Å². The highest BCUT2D eigenvalue weighted by Gasteiger charge is 2.19. The molecule has 0 aliphatic heterocycles. The summed E-state index contributed by atoms with van der Waals surface area (Å²) < 4.78 is 27.0. The van der Waals surface area contributed by atoms with E-state index >= 15 is 0 Å². The smallest absolute Gasteiger partial charge is 0.242 e. The fraction of sp³-hybridized carbons (Fsp3) is 0.538. The molecule has 0 saturated heterocycles. The second kappa shape index (κ2) is 8.31. The van der Waals surface area contributed by atoms with E-state index in [-0.39, 0.29) is 16.5 Å². The fourth-order valence-electron chi connectivity index (χ4n) is 1.77. The Labute approximate surface area is 136 Å². The number of hydrogen-bond acceptors (Lipinski definition) is 4. The molecule has 1 aromatic rings. The van der Waals surface area contributed by atoms with Crippen LogP contribution < -0.4 is 10.5 Å². The maximum atomic E-state index is 12.2. The van der Waals surface area contributed by atoms with Crippen LogP contribution in [0.3, 0.4) is 0 Å². The zero-order valence-electron chi connectivity index (χ0n) is 12.2. The molecular formula is C13H21Cl2N3O2S. The zero-order valence-corrected chi connectivity index (χ0v) is 14.5. The Bertz CT molecular complexity index is 577. The molecule has 0 radical (unpaired) electrons. The summed E-state index contributed by atoms with van der Waals surface area (Å²) in [6, 6.07) is 2.83. The molecule has 0 unspecified atom stereocenters. The number of halogens is 2. The molecule has 0 amide bonds. The minimum absolute atomic E-state index is 0.0154. The first-order chi connectivity index (χ1) is 9.77. The highest BCUT2D eigenvalue weighted by Crippen LogP contribution is 2.28. The van der Waals surface area contributed by atoms with Gasteiger partial charge < -0.3 is 10.6 Å². The maximum Gasteiger partial charge on any atom is 0.242 e. The minimum atomic E-state index is -3.65. The first kappa shape index (κ1) is 18.7. The third-order valence-corrected chi connectivity index (χ3v) is 5.21. The molecule has 0 fully saturated rings. The van der Waals surface area contributed by atoms with Crippen LogP contribution in [0.15, 0.2) is 17.0 Å². The van der Waals surface area contributed by atoms with Crippen molar-refractivity contribution in [3.63, 3.8) is 0 Å². The van der Waals surface area contributed by atoms with Crippen LogP contribution in [0.4, 0.5) is 0 Å². The van der Waals surface area contributed by atoms with Crippen molar-refractivity contribution in [3.05, 3.63) is 27.7 Å². The summed E-state index contributed by atoms with van der Waals surface area (Å²) in [6.07, 6.45) is 1.67. The Morgan fingerprint density at radius 3 is 2.43 bits per heavy atom.